The van der Waals surface area contributed by atoms with Crippen LogP contribution in [0.5, 0.6) is 0 Å². The lowest BCUT2D eigenvalue weighted by molar-refractivity contribution is -0.123. The predicted octanol–water partition coefficient (Wildman–Crippen LogP) is 3.19. The van der Waals surface area contributed by atoms with Crippen molar-refractivity contribution in [1.82, 2.24) is 4.90 Å². The van der Waals surface area contributed by atoms with Crippen molar-refractivity contribution < 1.29 is 14.3 Å². The Bertz CT molecular complexity index is 815. The summed E-state index contributed by atoms with van der Waals surface area (Å²) in [6, 6.07) is 7.66. The van der Waals surface area contributed by atoms with Crippen molar-refractivity contribution >= 4 is 51.4 Å². The minimum absolute atomic E-state index is 0.0324. The Labute approximate surface area is 162 Å². The van der Waals surface area contributed by atoms with Gasteiger partial charge in [-0.2, -0.15) is 0 Å². The highest BCUT2D eigenvalue weighted by atomic mass is 32.2. The predicted molar refractivity (Wildman–Crippen MR) is 107 cm³/mol. The molecule has 0 radical (unpaired) electrons. The van der Waals surface area contributed by atoms with E-state index in [9.17, 15) is 9.59 Å². The lowest BCUT2D eigenvalue weighted by atomic mass is 10.1. The third-order valence-electron chi connectivity index (χ3n) is 4.86. The maximum Gasteiger partial charge on any atom is 0.267 e. The Morgan fingerprint density at radius 2 is 2.04 bits per heavy atom. The van der Waals surface area contributed by atoms with E-state index in [1.807, 2.05) is 31.2 Å². The van der Waals surface area contributed by atoms with E-state index in [0.717, 1.165) is 37.1 Å². The SMILES string of the molecule is CCCN1C(=O)/C(=C2\SC(=S)N(CC3CCCO3)C2=O)c2ccccc21. The van der Waals surface area contributed by atoms with E-state index in [-0.39, 0.29) is 17.9 Å². The summed E-state index contributed by atoms with van der Waals surface area (Å²) < 4.78 is 6.15. The van der Waals surface area contributed by atoms with Gasteiger partial charge in [0.1, 0.15) is 4.32 Å². The molecule has 2 fully saturated rings. The number of ether oxygens (including phenoxy) is 1. The molecule has 0 aromatic heterocycles. The Hall–Kier alpha value is -1.70. The largest absolute Gasteiger partial charge is 0.376 e. The van der Waals surface area contributed by atoms with Crippen molar-refractivity contribution in [3.8, 4) is 0 Å². The zero-order valence-electron chi connectivity index (χ0n) is 14.6. The molecule has 1 unspecified atom stereocenters. The highest BCUT2D eigenvalue weighted by Gasteiger charge is 2.42. The first-order valence-corrected chi connectivity index (χ1v) is 10.1. The van der Waals surface area contributed by atoms with Crippen molar-refractivity contribution in [2.24, 2.45) is 0 Å². The van der Waals surface area contributed by atoms with Crippen LogP contribution >= 0.6 is 24.0 Å². The fourth-order valence-electron chi connectivity index (χ4n) is 3.64. The lowest BCUT2D eigenvalue weighted by Crippen LogP contribution is -2.35. The molecule has 4 rings (SSSR count). The van der Waals surface area contributed by atoms with Gasteiger partial charge in [-0.05, 0) is 25.3 Å². The van der Waals surface area contributed by atoms with E-state index in [1.165, 1.54) is 11.8 Å². The molecule has 1 aromatic rings. The Morgan fingerprint density at radius 3 is 2.77 bits per heavy atom. The molecule has 0 saturated carbocycles. The third kappa shape index (κ3) is 2.88. The number of thioether (sulfide) groups is 1. The fraction of sp³-hybridized carbons (Fsp3) is 0.421. The lowest BCUT2D eigenvalue weighted by Gasteiger charge is -2.18. The second-order valence-electron chi connectivity index (χ2n) is 6.60. The van der Waals surface area contributed by atoms with Crippen LogP contribution in [0.4, 0.5) is 5.69 Å². The molecule has 5 nitrogen and oxygen atoms in total. The van der Waals surface area contributed by atoms with Crippen LogP contribution in [0.25, 0.3) is 5.57 Å². The van der Waals surface area contributed by atoms with Crippen LogP contribution in [0.1, 0.15) is 31.7 Å². The number of amides is 2. The van der Waals surface area contributed by atoms with Crippen molar-refractivity contribution in [3.63, 3.8) is 0 Å². The van der Waals surface area contributed by atoms with Gasteiger partial charge in [0.25, 0.3) is 11.8 Å². The summed E-state index contributed by atoms with van der Waals surface area (Å²) in [6.45, 7) is 3.87. The molecular formula is C19H20N2O3S2. The highest BCUT2D eigenvalue weighted by molar-refractivity contribution is 8.26. The van der Waals surface area contributed by atoms with Gasteiger partial charge in [-0.3, -0.25) is 14.5 Å². The van der Waals surface area contributed by atoms with Crippen molar-refractivity contribution in [3.05, 3.63) is 34.7 Å². The minimum atomic E-state index is -0.174. The van der Waals surface area contributed by atoms with Gasteiger partial charge >= 0.3 is 0 Å². The molecule has 2 amide bonds. The van der Waals surface area contributed by atoms with E-state index < -0.39 is 0 Å². The van der Waals surface area contributed by atoms with Crippen LogP contribution in [-0.2, 0) is 14.3 Å². The van der Waals surface area contributed by atoms with E-state index in [4.69, 9.17) is 17.0 Å². The smallest absolute Gasteiger partial charge is 0.267 e. The minimum Gasteiger partial charge on any atom is -0.376 e. The van der Waals surface area contributed by atoms with Crippen LogP contribution in [-0.4, -0.2) is 46.8 Å². The average Bonchev–Trinajstić information content (AvgIpc) is 3.31. The van der Waals surface area contributed by atoms with Crippen molar-refractivity contribution in [2.45, 2.75) is 32.3 Å². The van der Waals surface area contributed by atoms with Gasteiger partial charge in [0.15, 0.2) is 0 Å². The first-order valence-electron chi connectivity index (χ1n) is 8.92. The number of carbonyl (C=O) groups is 2. The summed E-state index contributed by atoms with van der Waals surface area (Å²) in [4.78, 5) is 29.9. The molecule has 0 spiro atoms. The standard InChI is InChI=1S/C19H20N2O3S2/c1-2-9-20-14-8-4-3-7-13(14)15(17(20)22)16-18(23)21(19(25)26-16)11-12-6-5-10-24-12/h3-4,7-8,12H,2,5-6,9-11H2,1H3/b16-15-. The number of benzene rings is 1. The number of carbonyl (C=O) groups excluding carboxylic acids is 2. The van der Waals surface area contributed by atoms with E-state index in [2.05, 4.69) is 0 Å². The van der Waals surface area contributed by atoms with Gasteiger partial charge in [-0.1, -0.05) is 49.1 Å². The molecule has 0 N–H and O–H groups in total. The van der Waals surface area contributed by atoms with Gasteiger partial charge < -0.3 is 9.64 Å². The average molecular weight is 389 g/mol. The number of hydrogen-bond donors (Lipinski definition) is 0. The highest BCUT2D eigenvalue weighted by Crippen LogP contribution is 2.44. The number of anilines is 1. The van der Waals surface area contributed by atoms with Gasteiger partial charge in [-0.15, -0.1) is 0 Å². The molecule has 26 heavy (non-hydrogen) atoms. The summed E-state index contributed by atoms with van der Waals surface area (Å²) in [5, 5.41) is 0. The molecule has 0 bridgehead atoms. The molecular weight excluding hydrogens is 368 g/mol. The van der Waals surface area contributed by atoms with Crippen molar-refractivity contribution in [1.29, 1.82) is 0 Å². The molecule has 1 atom stereocenters. The van der Waals surface area contributed by atoms with Crippen LogP contribution in [0.15, 0.2) is 29.2 Å². The summed E-state index contributed by atoms with van der Waals surface area (Å²) in [5.74, 6) is -0.280. The van der Waals surface area contributed by atoms with E-state index in [1.54, 1.807) is 9.80 Å². The molecule has 136 valence electrons. The van der Waals surface area contributed by atoms with Gasteiger partial charge in [-0.25, -0.2) is 0 Å². The second-order valence-corrected chi connectivity index (χ2v) is 8.24. The molecule has 2 saturated heterocycles. The summed E-state index contributed by atoms with van der Waals surface area (Å²) in [7, 11) is 0. The number of para-hydroxylation sites is 1. The number of fused-ring (bicyclic) bond motifs is 1. The van der Waals surface area contributed by atoms with Crippen LogP contribution in [0.3, 0.4) is 0 Å². The number of nitrogens with zero attached hydrogens (tertiary/aromatic N) is 2. The quantitative estimate of drug-likeness (QED) is 0.586. The van der Waals surface area contributed by atoms with E-state index >= 15 is 0 Å². The summed E-state index contributed by atoms with van der Waals surface area (Å²) in [5.41, 5.74) is 2.18. The Kier molecular flexibility index (Phi) is 4.86. The van der Waals surface area contributed by atoms with Crippen LogP contribution in [0.2, 0.25) is 0 Å². The third-order valence-corrected chi connectivity index (χ3v) is 6.31. The topological polar surface area (TPSA) is 49.9 Å². The molecule has 3 heterocycles. The molecule has 0 aliphatic carbocycles. The Morgan fingerprint density at radius 1 is 1.23 bits per heavy atom. The molecule has 1 aromatic carbocycles. The molecule has 7 heteroatoms. The Balaban J connectivity index is 1.71. The van der Waals surface area contributed by atoms with Gasteiger partial charge in [0.2, 0.25) is 0 Å². The number of hydrogen-bond acceptors (Lipinski definition) is 5. The first kappa shape index (κ1) is 17.7. The van der Waals surface area contributed by atoms with Crippen molar-refractivity contribution in [2.75, 3.05) is 24.6 Å². The normalized spacial score (nSPS) is 25.6. The first-order chi connectivity index (χ1) is 12.6. The molecule has 3 aliphatic heterocycles. The van der Waals surface area contributed by atoms with Gasteiger partial charge in [0, 0.05) is 18.7 Å². The summed E-state index contributed by atoms with van der Waals surface area (Å²) in [6.07, 6.45) is 2.84. The van der Waals surface area contributed by atoms with Gasteiger partial charge in [0.05, 0.1) is 28.8 Å². The summed E-state index contributed by atoms with van der Waals surface area (Å²) >= 11 is 6.67. The number of rotatable bonds is 4. The van der Waals surface area contributed by atoms with Crippen LogP contribution < -0.4 is 4.90 Å². The second kappa shape index (κ2) is 7.13. The monoisotopic (exact) mass is 388 g/mol. The van der Waals surface area contributed by atoms with E-state index in [0.29, 0.717) is 27.9 Å². The maximum absolute atomic E-state index is 13.1. The fourth-order valence-corrected chi connectivity index (χ4v) is 4.99. The number of thiocarbonyl (C=S) groups is 1. The zero-order valence-corrected chi connectivity index (χ0v) is 16.2. The maximum atomic E-state index is 13.1. The van der Waals surface area contributed by atoms with Crippen LogP contribution in [0, 0.1) is 0 Å². The zero-order chi connectivity index (χ0) is 18.3. The molecule has 3 aliphatic rings.